The van der Waals surface area contributed by atoms with Gasteiger partial charge in [0.2, 0.25) is 6.79 Å². The molecule has 7 rings (SSSR count). The highest BCUT2D eigenvalue weighted by atomic mass is 35.5. The van der Waals surface area contributed by atoms with Gasteiger partial charge in [0.15, 0.2) is 11.5 Å². The van der Waals surface area contributed by atoms with Crippen molar-refractivity contribution in [1.29, 1.82) is 0 Å². The molecule has 1 fully saturated rings. The first-order valence-corrected chi connectivity index (χ1v) is 13.0. The summed E-state index contributed by atoms with van der Waals surface area (Å²) in [5.41, 5.74) is 4.60. The number of carbonyl (C=O) groups is 1. The smallest absolute Gasteiger partial charge is 0.254 e. The lowest BCUT2D eigenvalue weighted by Crippen LogP contribution is -2.48. The number of fused-ring (bicyclic) bond motifs is 3. The lowest BCUT2D eigenvalue weighted by atomic mass is 9.98. The Morgan fingerprint density at radius 2 is 1.51 bits per heavy atom. The predicted octanol–water partition coefficient (Wildman–Crippen LogP) is 6.16. The van der Waals surface area contributed by atoms with Crippen LogP contribution < -0.4 is 9.47 Å². The molecule has 4 aromatic carbocycles. The number of carbonyl (C=O) groups excluding carboxylic acids is 1. The summed E-state index contributed by atoms with van der Waals surface area (Å²) >= 11 is 0. The van der Waals surface area contributed by atoms with Crippen LogP contribution in [0.25, 0.3) is 32.9 Å². The molecule has 0 radical (unpaired) electrons. The fraction of sp³-hybridized carbons (Fsp3) is 0.188. The summed E-state index contributed by atoms with van der Waals surface area (Å²) < 4.78 is 11.0. The molecule has 0 bridgehead atoms. The Bertz CT molecular complexity index is 1680. The monoisotopic (exact) mass is 537 g/mol. The van der Waals surface area contributed by atoms with E-state index in [1.165, 1.54) is 5.56 Å². The number of ether oxygens (including phenoxy) is 2. The van der Waals surface area contributed by atoms with Crippen LogP contribution in [0.1, 0.15) is 15.9 Å². The van der Waals surface area contributed by atoms with Gasteiger partial charge in [-0.25, -0.2) is 4.98 Å². The Labute approximate surface area is 233 Å². The molecule has 2 aliphatic heterocycles. The number of nitrogens with zero attached hydrogens (tertiary/aromatic N) is 3. The molecule has 2 aliphatic rings. The molecule has 196 valence electrons. The van der Waals surface area contributed by atoms with E-state index in [0.29, 0.717) is 18.7 Å². The summed E-state index contributed by atoms with van der Waals surface area (Å²) in [6.07, 6.45) is 0. The van der Waals surface area contributed by atoms with Crippen molar-refractivity contribution in [1.82, 2.24) is 14.8 Å². The summed E-state index contributed by atoms with van der Waals surface area (Å²) in [6.45, 7) is 4.11. The fourth-order valence-corrected chi connectivity index (χ4v) is 5.52. The molecule has 3 heterocycles. The van der Waals surface area contributed by atoms with Crippen LogP contribution in [0, 0.1) is 0 Å². The van der Waals surface area contributed by atoms with Crippen LogP contribution in [0.2, 0.25) is 0 Å². The van der Waals surface area contributed by atoms with Gasteiger partial charge < -0.3 is 14.4 Å². The first kappa shape index (κ1) is 25.2. The number of pyridine rings is 1. The summed E-state index contributed by atoms with van der Waals surface area (Å²) in [5, 5.41) is 3.18. The molecule has 0 saturated carbocycles. The molecular formula is C32H28ClN3O3. The molecule has 0 N–H and O–H groups in total. The molecule has 39 heavy (non-hydrogen) atoms. The number of aromatic nitrogens is 1. The maximum absolute atomic E-state index is 13.9. The minimum Gasteiger partial charge on any atom is -0.454 e. The van der Waals surface area contributed by atoms with E-state index in [0.717, 1.165) is 64.1 Å². The van der Waals surface area contributed by atoms with Crippen molar-refractivity contribution in [2.24, 2.45) is 0 Å². The summed E-state index contributed by atoms with van der Waals surface area (Å²) in [5.74, 6) is 1.67. The molecule has 1 amide bonds. The summed E-state index contributed by atoms with van der Waals surface area (Å²) in [7, 11) is 0. The number of para-hydroxylation sites is 1. The van der Waals surface area contributed by atoms with Gasteiger partial charge in [-0.3, -0.25) is 9.69 Å². The SMILES string of the molecule is Cl.O=C(c1cc(-c2cccc3ccccc23)nc2ccccc12)N1CCN(Cc2ccc3c(c2)OCO3)CC1. The van der Waals surface area contributed by atoms with Crippen molar-refractivity contribution >= 4 is 40.0 Å². The highest BCUT2D eigenvalue weighted by Gasteiger charge is 2.25. The highest BCUT2D eigenvalue weighted by Crippen LogP contribution is 2.33. The lowest BCUT2D eigenvalue weighted by Gasteiger charge is -2.35. The number of hydrogen-bond donors (Lipinski definition) is 0. The average Bonchev–Trinajstić information content (AvgIpc) is 3.44. The first-order valence-electron chi connectivity index (χ1n) is 13.0. The Balaban J connectivity index is 0.00000277. The van der Waals surface area contributed by atoms with Crippen LogP contribution in [0.15, 0.2) is 91.0 Å². The minimum absolute atomic E-state index is 0. The number of halogens is 1. The van der Waals surface area contributed by atoms with Crippen LogP contribution in [0.5, 0.6) is 11.5 Å². The lowest BCUT2D eigenvalue weighted by molar-refractivity contribution is 0.0630. The van der Waals surface area contributed by atoms with Gasteiger partial charge in [-0.1, -0.05) is 66.7 Å². The molecule has 0 aliphatic carbocycles. The second-order valence-corrected chi connectivity index (χ2v) is 9.85. The zero-order chi connectivity index (χ0) is 25.5. The second-order valence-electron chi connectivity index (χ2n) is 9.85. The summed E-state index contributed by atoms with van der Waals surface area (Å²) in [6, 6.07) is 30.6. The average molecular weight is 538 g/mol. The predicted molar refractivity (Wildman–Crippen MR) is 156 cm³/mol. The van der Waals surface area contributed by atoms with Crippen LogP contribution in [-0.4, -0.2) is 53.7 Å². The third kappa shape index (κ3) is 4.78. The van der Waals surface area contributed by atoms with Crippen molar-refractivity contribution in [2.75, 3.05) is 33.0 Å². The molecule has 1 saturated heterocycles. The standard InChI is InChI=1S/C32H27N3O3.ClH/c36-32(35-16-14-34(15-17-35)20-22-12-13-30-31(18-22)38-21-37-30)27-19-29(33-28-11-4-3-9-26(27)28)25-10-5-7-23-6-1-2-8-24(23)25;/h1-13,18-19H,14-17,20-21H2;1H. The Morgan fingerprint density at radius 1 is 0.769 bits per heavy atom. The third-order valence-corrected chi connectivity index (χ3v) is 7.51. The van der Waals surface area contributed by atoms with E-state index in [9.17, 15) is 4.79 Å². The van der Waals surface area contributed by atoms with Crippen molar-refractivity contribution in [3.05, 3.63) is 102 Å². The molecular weight excluding hydrogens is 510 g/mol. The Hall–Kier alpha value is -4.13. The van der Waals surface area contributed by atoms with E-state index in [1.807, 2.05) is 53.4 Å². The maximum atomic E-state index is 13.9. The molecule has 0 atom stereocenters. The second kappa shape index (κ2) is 10.6. The largest absolute Gasteiger partial charge is 0.454 e. The maximum Gasteiger partial charge on any atom is 0.254 e. The molecule has 7 heteroatoms. The van der Waals surface area contributed by atoms with Crippen molar-refractivity contribution < 1.29 is 14.3 Å². The van der Waals surface area contributed by atoms with Crippen molar-refractivity contribution in [2.45, 2.75) is 6.54 Å². The molecule has 6 nitrogen and oxygen atoms in total. The minimum atomic E-state index is 0. The van der Waals surface area contributed by atoms with Crippen molar-refractivity contribution in [3.8, 4) is 22.8 Å². The number of hydrogen-bond acceptors (Lipinski definition) is 5. The summed E-state index contributed by atoms with van der Waals surface area (Å²) in [4.78, 5) is 23.2. The molecule has 5 aromatic rings. The fourth-order valence-electron chi connectivity index (χ4n) is 5.52. The number of piperazine rings is 1. The first-order chi connectivity index (χ1) is 18.7. The van der Waals surface area contributed by atoms with Gasteiger partial charge in [0.1, 0.15) is 0 Å². The van der Waals surface area contributed by atoms with Gasteiger partial charge in [-0.05, 0) is 40.6 Å². The number of amides is 1. The van der Waals surface area contributed by atoms with E-state index >= 15 is 0 Å². The Morgan fingerprint density at radius 3 is 2.38 bits per heavy atom. The van der Waals surface area contributed by atoms with Crippen LogP contribution >= 0.6 is 12.4 Å². The van der Waals surface area contributed by atoms with Gasteiger partial charge in [-0.2, -0.15) is 0 Å². The van der Waals surface area contributed by atoms with Crippen LogP contribution in [0.4, 0.5) is 0 Å². The quantitative estimate of drug-likeness (QED) is 0.275. The van der Waals surface area contributed by atoms with Gasteiger partial charge >= 0.3 is 0 Å². The van der Waals surface area contributed by atoms with E-state index < -0.39 is 0 Å². The van der Waals surface area contributed by atoms with E-state index in [4.69, 9.17) is 14.5 Å². The van der Waals surface area contributed by atoms with E-state index in [-0.39, 0.29) is 25.1 Å². The molecule has 0 unspecified atom stereocenters. The van der Waals surface area contributed by atoms with Gasteiger partial charge in [0.05, 0.1) is 16.8 Å². The zero-order valence-electron chi connectivity index (χ0n) is 21.4. The van der Waals surface area contributed by atoms with Gasteiger partial charge in [0, 0.05) is 43.7 Å². The molecule has 0 spiro atoms. The van der Waals surface area contributed by atoms with E-state index in [1.54, 1.807) is 0 Å². The number of rotatable bonds is 4. The van der Waals surface area contributed by atoms with Crippen LogP contribution in [0.3, 0.4) is 0 Å². The zero-order valence-corrected chi connectivity index (χ0v) is 22.2. The molecule has 1 aromatic heterocycles. The normalized spacial score (nSPS) is 14.9. The van der Waals surface area contributed by atoms with E-state index in [2.05, 4.69) is 47.4 Å². The number of benzene rings is 4. The van der Waals surface area contributed by atoms with Crippen molar-refractivity contribution in [3.63, 3.8) is 0 Å². The van der Waals surface area contributed by atoms with Crippen LogP contribution in [-0.2, 0) is 6.54 Å². The third-order valence-electron chi connectivity index (χ3n) is 7.51. The van der Waals surface area contributed by atoms with Gasteiger partial charge in [-0.15, -0.1) is 12.4 Å². The Kier molecular flexibility index (Phi) is 6.81. The van der Waals surface area contributed by atoms with Gasteiger partial charge in [0.25, 0.3) is 5.91 Å². The topological polar surface area (TPSA) is 54.9 Å². The highest BCUT2D eigenvalue weighted by molar-refractivity contribution is 6.08.